The lowest BCUT2D eigenvalue weighted by atomic mass is 10.1. The van der Waals surface area contributed by atoms with Gasteiger partial charge in [0.1, 0.15) is 5.75 Å². The van der Waals surface area contributed by atoms with Crippen LogP contribution in [0.5, 0.6) is 5.75 Å². The molecule has 0 radical (unpaired) electrons. The molecule has 0 unspecified atom stereocenters. The first-order chi connectivity index (χ1) is 9.70. The molecule has 4 nitrogen and oxygen atoms in total. The Balaban J connectivity index is 1.64. The van der Waals surface area contributed by atoms with Gasteiger partial charge in [-0.05, 0) is 24.1 Å². The largest absolute Gasteiger partial charge is 0.426 e. The zero-order valence-corrected chi connectivity index (χ0v) is 10.9. The van der Waals surface area contributed by atoms with Crippen molar-refractivity contribution in [2.24, 2.45) is 5.73 Å². The van der Waals surface area contributed by atoms with Crippen molar-refractivity contribution in [2.75, 3.05) is 0 Å². The number of hydrogen-bond donors (Lipinski definition) is 1. The summed E-state index contributed by atoms with van der Waals surface area (Å²) in [4.78, 5) is 15.7. The topological polar surface area (TPSA) is 65.2 Å². The van der Waals surface area contributed by atoms with Crippen LogP contribution in [0.25, 0.3) is 11.3 Å². The first kappa shape index (κ1) is 11.6. The van der Waals surface area contributed by atoms with E-state index in [1.807, 2.05) is 30.5 Å². The van der Waals surface area contributed by atoms with E-state index in [2.05, 4.69) is 11.1 Å². The molecule has 1 aromatic heterocycles. The van der Waals surface area contributed by atoms with E-state index in [1.54, 1.807) is 0 Å². The van der Waals surface area contributed by atoms with Crippen molar-refractivity contribution in [2.45, 2.75) is 24.8 Å². The number of benzene rings is 1. The molecule has 0 spiro atoms. The number of rotatable bonds is 2. The molecule has 2 aliphatic rings. The lowest BCUT2D eigenvalue weighted by molar-refractivity contribution is -0.131. The molecule has 0 bridgehead atoms. The number of esters is 1. The van der Waals surface area contributed by atoms with E-state index < -0.39 is 0 Å². The third-order valence-electron chi connectivity index (χ3n) is 3.98. The number of nitrogens with zero attached hydrogens (tertiary/aromatic N) is 1. The van der Waals surface area contributed by atoms with Gasteiger partial charge in [0.2, 0.25) is 0 Å². The normalized spacial score (nSPS) is 23.4. The van der Waals surface area contributed by atoms with Crippen LogP contribution in [0.3, 0.4) is 0 Å². The first-order valence-electron chi connectivity index (χ1n) is 6.76. The molecule has 20 heavy (non-hydrogen) atoms. The Morgan fingerprint density at radius 2 is 2.10 bits per heavy atom. The highest BCUT2D eigenvalue weighted by Gasteiger charge is 2.34. The lowest BCUT2D eigenvalue weighted by Crippen LogP contribution is -2.01. The van der Waals surface area contributed by atoms with Crippen LogP contribution >= 0.6 is 0 Å². The summed E-state index contributed by atoms with van der Waals surface area (Å²) in [6.07, 6.45) is 3.31. The minimum atomic E-state index is -0.192. The van der Waals surface area contributed by atoms with E-state index in [9.17, 15) is 4.79 Å². The van der Waals surface area contributed by atoms with Crippen LogP contribution in [0.2, 0.25) is 0 Å². The van der Waals surface area contributed by atoms with Crippen LogP contribution in [0.15, 0.2) is 36.5 Å². The van der Waals surface area contributed by atoms with E-state index in [1.165, 1.54) is 5.56 Å². The number of ether oxygens (including phenoxy) is 1. The molecule has 1 aromatic carbocycles. The summed E-state index contributed by atoms with van der Waals surface area (Å²) in [5.74, 6) is 0.934. The zero-order valence-electron chi connectivity index (χ0n) is 10.9. The summed E-state index contributed by atoms with van der Waals surface area (Å²) in [6, 6.07) is 10.2. The zero-order chi connectivity index (χ0) is 13.7. The molecule has 4 rings (SSSR count). The van der Waals surface area contributed by atoms with Crippen LogP contribution in [0.4, 0.5) is 0 Å². The van der Waals surface area contributed by atoms with Gasteiger partial charge < -0.3 is 10.5 Å². The predicted molar refractivity (Wildman–Crippen MR) is 74.3 cm³/mol. The average molecular weight is 266 g/mol. The minimum absolute atomic E-state index is 0.192. The monoisotopic (exact) mass is 266 g/mol. The predicted octanol–water partition coefficient (Wildman–Crippen LogP) is 2.02. The Morgan fingerprint density at radius 3 is 2.80 bits per heavy atom. The Hall–Kier alpha value is -2.20. The van der Waals surface area contributed by atoms with Crippen molar-refractivity contribution in [3.8, 4) is 17.0 Å². The molecule has 4 heteroatoms. The number of carbonyl (C=O) groups is 1. The minimum Gasteiger partial charge on any atom is -0.426 e. The molecule has 0 saturated heterocycles. The molecule has 2 heterocycles. The standard InChI is InChI=1S/C16H14N2O2/c17-13-7-12(13)11-3-4-14(18-8-11)9-1-2-10-6-16(19)20-15(10)5-9/h1-5,8,12-13H,6-7,17H2/t12-,13+/m1/s1. The van der Waals surface area contributed by atoms with Gasteiger partial charge in [-0.15, -0.1) is 0 Å². The van der Waals surface area contributed by atoms with Gasteiger partial charge in [-0.25, -0.2) is 0 Å². The summed E-state index contributed by atoms with van der Waals surface area (Å²) in [5.41, 5.74) is 9.84. The second-order valence-electron chi connectivity index (χ2n) is 5.46. The maximum Gasteiger partial charge on any atom is 0.315 e. The van der Waals surface area contributed by atoms with Crippen molar-refractivity contribution in [1.82, 2.24) is 4.98 Å². The number of nitrogens with two attached hydrogens (primary N) is 1. The lowest BCUT2D eigenvalue weighted by Gasteiger charge is -2.05. The van der Waals surface area contributed by atoms with Gasteiger partial charge in [0, 0.05) is 29.3 Å². The van der Waals surface area contributed by atoms with E-state index in [0.29, 0.717) is 24.1 Å². The van der Waals surface area contributed by atoms with Crippen molar-refractivity contribution >= 4 is 5.97 Å². The number of carbonyl (C=O) groups excluding carboxylic acids is 1. The third-order valence-corrected chi connectivity index (χ3v) is 3.98. The molecule has 2 N–H and O–H groups in total. The van der Waals surface area contributed by atoms with Crippen molar-refractivity contribution in [3.63, 3.8) is 0 Å². The molecule has 0 amide bonds. The number of pyridine rings is 1. The molecule has 1 aliphatic heterocycles. The van der Waals surface area contributed by atoms with E-state index in [4.69, 9.17) is 10.5 Å². The van der Waals surface area contributed by atoms with E-state index >= 15 is 0 Å². The van der Waals surface area contributed by atoms with Crippen LogP contribution in [-0.2, 0) is 11.2 Å². The highest BCUT2D eigenvalue weighted by molar-refractivity contribution is 5.82. The summed E-state index contributed by atoms with van der Waals surface area (Å²) in [7, 11) is 0. The Morgan fingerprint density at radius 1 is 1.25 bits per heavy atom. The Kier molecular flexibility index (Phi) is 2.41. The van der Waals surface area contributed by atoms with Gasteiger partial charge in [0.15, 0.2) is 0 Å². The average Bonchev–Trinajstić information content (AvgIpc) is 3.06. The number of aromatic nitrogens is 1. The maximum absolute atomic E-state index is 11.3. The summed E-state index contributed by atoms with van der Waals surface area (Å²) in [6.45, 7) is 0. The molecule has 2 atom stereocenters. The van der Waals surface area contributed by atoms with Crippen LogP contribution in [0, 0.1) is 0 Å². The Bertz CT molecular complexity index is 694. The number of hydrogen-bond acceptors (Lipinski definition) is 4. The fraction of sp³-hybridized carbons (Fsp3) is 0.250. The van der Waals surface area contributed by atoms with Gasteiger partial charge in [0.25, 0.3) is 0 Å². The van der Waals surface area contributed by atoms with Crippen molar-refractivity contribution in [3.05, 3.63) is 47.7 Å². The second-order valence-corrected chi connectivity index (χ2v) is 5.46. The highest BCUT2D eigenvalue weighted by atomic mass is 16.5. The molecule has 2 aromatic rings. The summed E-state index contributed by atoms with van der Waals surface area (Å²) < 4.78 is 5.17. The summed E-state index contributed by atoms with van der Waals surface area (Å²) in [5, 5.41) is 0. The fourth-order valence-corrected chi connectivity index (χ4v) is 2.66. The van der Waals surface area contributed by atoms with Crippen LogP contribution in [-0.4, -0.2) is 17.0 Å². The van der Waals surface area contributed by atoms with Gasteiger partial charge >= 0.3 is 5.97 Å². The molecule has 1 saturated carbocycles. The number of fused-ring (bicyclic) bond motifs is 1. The highest BCUT2D eigenvalue weighted by Crippen LogP contribution is 2.39. The van der Waals surface area contributed by atoms with Crippen molar-refractivity contribution in [1.29, 1.82) is 0 Å². The summed E-state index contributed by atoms with van der Waals surface area (Å²) >= 11 is 0. The quantitative estimate of drug-likeness (QED) is 0.667. The van der Waals surface area contributed by atoms with Crippen LogP contribution < -0.4 is 10.5 Å². The van der Waals surface area contributed by atoms with E-state index in [0.717, 1.165) is 23.2 Å². The maximum atomic E-state index is 11.3. The molecule has 1 aliphatic carbocycles. The first-order valence-corrected chi connectivity index (χ1v) is 6.76. The SMILES string of the molecule is N[C@H]1C[C@@H]1c1ccc(-c2ccc3c(c2)OC(=O)C3)nc1. The third kappa shape index (κ3) is 1.89. The smallest absolute Gasteiger partial charge is 0.315 e. The molecular formula is C16H14N2O2. The van der Waals surface area contributed by atoms with Crippen molar-refractivity contribution < 1.29 is 9.53 Å². The van der Waals surface area contributed by atoms with Gasteiger partial charge in [-0.3, -0.25) is 9.78 Å². The van der Waals surface area contributed by atoms with Gasteiger partial charge in [-0.1, -0.05) is 18.2 Å². The second kappa shape index (κ2) is 4.15. The van der Waals surface area contributed by atoms with Gasteiger partial charge in [0.05, 0.1) is 12.1 Å². The van der Waals surface area contributed by atoms with Crippen LogP contribution in [0.1, 0.15) is 23.5 Å². The van der Waals surface area contributed by atoms with Gasteiger partial charge in [-0.2, -0.15) is 0 Å². The Labute approximate surface area is 116 Å². The van der Waals surface area contributed by atoms with E-state index in [-0.39, 0.29) is 5.97 Å². The molecular weight excluding hydrogens is 252 g/mol. The molecule has 1 fully saturated rings. The fourth-order valence-electron chi connectivity index (χ4n) is 2.66. The molecule has 100 valence electrons.